The molecule has 27 nitrogen and oxygen atoms in total. The number of anilines is 3. The minimum absolute atomic E-state index is 0.0416. The van der Waals surface area contributed by atoms with Crippen LogP contribution in [-0.2, 0) is 38.2 Å². The van der Waals surface area contributed by atoms with Crippen LogP contribution in [0.3, 0.4) is 0 Å². The largest absolute Gasteiger partial charge is 0.476 e. The van der Waals surface area contributed by atoms with Crippen molar-refractivity contribution >= 4 is 46.7 Å². The first-order valence-electron chi connectivity index (χ1n) is 35.7. The summed E-state index contributed by atoms with van der Waals surface area (Å²) in [7, 11) is 0. The molecule has 16 atom stereocenters. The maximum absolute atomic E-state index is 13.9. The third-order valence-corrected chi connectivity index (χ3v) is 16.6. The molecule has 117 heavy (non-hydrogen) atoms. The second kappa shape index (κ2) is 51.6. The third-order valence-electron chi connectivity index (χ3n) is 16.6. The number of allylic oxidation sites excluding steroid dienone is 3. The quantitative estimate of drug-likeness (QED) is 0.0219. The Hall–Kier alpha value is -11.3. The van der Waals surface area contributed by atoms with Crippen LogP contribution in [0.4, 0.5) is 43.4 Å². The van der Waals surface area contributed by atoms with E-state index in [0.29, 0.717) is 38.5 Å². The van der Waals surface area contributed by atoms with Crippen molar-refractivity contribution in [2.75, 3.05) is 35.8 Å². The van der Waals surface area contributed by atoms with Crippen molar-refractivity contribution < 1.29 is 140 Å². The molecule has 3 fully saturated rings. The van der Waals surface area contributed by atoms with Crippen molar-refractivity contribution in [3.05, 3.63) is 108 Å². The molecule has 33 heteroatoms. The number of alkyl halides is 6. The van der Waals surface area contributed by atoms with Crippen molar-refractivity contribution in [3.63, 3.8) is 0 Å². The molecule has 3 heterocycles. The summed E-state index contributed by atoms with van der Waals surface area (Å²) >= 11 is 0. The number of carbonyl (C=O) groups excluding carboxylic acids is 4. The number of rotatable bonds is 31. The second-order valence-corrected chi connectivity index (χ2v) is 26.3. The van der Waals surface area contributed by atoms with Crippen molar-refractivity contribution in [3.8, 4) is 125 Å². The SMILES string of the molecule is C#CC#CC#CC#CC#CC#CC#CC#CC#C.C=C(C)CCCC(=O)Nc1ccc(O[C@@H]2OC(CO)[C@@H](O)[C@H](O)C2NC(C)=O)c(C(F)F)c1.C=C(C)CCCC(=O)Nc1ccc(O[C@@H]2OC(CO)[C@H](O)[C@H](O)C2O)c(C(F)F)c1.C=C(C)CCCC(=O)Nc1ccc(O[C@]2(C(=O)O)C[C@@H](O)[C@@H](C)C([C@H](O)[C@H](O)CO)O2)c(C(F)F)c1. The Morgan fingerprint density at radius 1 is 0.521 bits per heavy atom. The number of halogens is 6. The Morgan fingerprint density at radius 2 is 0.872 bits per heavy atom. The first-order valence-corrected chi connectivity index (χ1v) is 35.7. The number of amides is 4. The van der Waals surface area contributed by atoms with E-state index < -0.39 is 183 Å². The van der Waals surface area contributed by atoms with Crippen LogP contribution in [-0.4, -0.2) is 202 Å². The summed E-state index contributed by atoms with van der Waals surface area (Å²) in [5, 5.41) is 128. The highest BCUT2D eigenvalue weighted by molar-refractivity contribution is 5.92. The monoisotopic (exact) mass is 1640 g/mol. The molecule has 0 aromatic heterocycles. The molecule has 3 aromatic rings. The molecule has 3 aromatic carbocycles. The average molecular weight is 1640 g/mol. The number of benzene rings is 3. The van der Waals surface area contributed by atoms with Gasteiger partial charge in [-0.05, 0) is 209 Å². The number of hydrogen-bond acceptors (Lipinski definition) is 22. The Bertz CT molecular complexity index is 4410. The van der Waals surface area contributed by atoms with Crippen LogP contribution in [0, 0.1) is 113 Å². The molecule has 16 N–H and O–H groups in total. The molecule has 0 radical (unpaired) electrons. The van der Waals surface area contributed by atoms with E-state index >= 15 is 0 Å². The standard InChI is InChI=1S/C24H33F2NO9.C22H30F2N2O7.C20H27F2NO7.C18H2/c1-12(2)5-4-6-19(31)27-14-7-8-18(15(9-14)22(25)26)35-24(23(33)34)10-16(29)13(3)21(36-24)20(32)17(30)11-28;1-11(2)5-4-6-17(29)26-13-7-8-15(14(9-13)21(23)24)32-22-18(25-12(3)28)20(31)19(30)16(10-27)33-22;1-10(2)4-3-5-15(25)23-11-6-7-13(12(8-11)19(21)22)29-20-18(28)17(27)16(26)14(9-24)30-20;1-3-5-7-9-11-13-15-17-18-16-14-12-10-8-6-4-2/h7-9,13,16-17,20-22,28-30,32H,1,4-6,10-11H2,2-3H3,(H,27,31)(H,33,34);7-9,16,18-22,27,30-31H,1,4-6,10H2,2-3H3,(H,25,28)(H,26,29);6-8,14,16-20,24,26-28H,1,3-5,9H2,2H3,(H,23,25);1-2H/t13-,16-,17-,20-,21?,24-;16?,18?,19-,20-,22-;14?,16-,17-,18?,20+;/m110./s1. The molecular weight excluding hydrogens is 1550 g/mol. The molecule has 3 saturated heterocycles. The normalized spacial score (nSPS) is 22.3. The highest BCUT2D eigenvalue weighted by Crippen LogP contribution is 2.42. The number of terminal acetylenes is 2. The molecule has 0 spiro atoms. The Labute approximate surface area is 673 Å². The molecule has 3 aliphatic rings. The van der Waals surface area contributed by atoms with E-state index in [2.05, 4.69) is 136 Å². The predicted octanol–water partition coefficient (Wildman–Crippen LogP) is 5.36. The van der Waals surface area contributed by atoms with Crippen LogP contribution in [0.2, 0.25) is 0 Å². The lowest BCUT2D eigenvalue weighted by Crippen LogP contribution is -2.65. The van der Waals surface area contributed by atoms with E-state index in [1.165, 1.54) is 37.3 Å². The molecule has 4 amide bonds. The Balaban J connectivity index is 0.000000413. The van der Waals surface area contributed by atoms with E-state index in [1.54, 1.807) is 0 Å². The molecular formula is C84H92F6N4O23. The van der Waals surface area contributed by atoms with Gasteiger partial charge in [0.15, 0.2) is 0 Å². The summed E-state index contributed by atoms with van der Waals surface area (Å²) in [5.41, 5.74) is 1.26. The Kier molecular flexibility index (Phi) is 44.1. The van der Waals surface area contributed by atoms with Crippen LogP contribution >= 0.6 is 0 Å². The van der Waals surface area contributed by atoms with Gasteiger partial charge in [-0.1, -0.05) is 23.6 Å². The number of aliphatic hydroxyl groups excluding tert-OH is 11. The van der Waals surface area contributed by atoms with Gasteiger partial charge in [0, 0.05) is 49.2 Å². The number of ether oxygens (including phenoxy) is 6. The molecule has 0 saturated carbocycles. The van der Waals surface area contributed by atoms with E-state index in [0.717, 1.165) is 47.9 Å². The Morgan fingerprint density at radius 3 is 1.21 bits per heavy atom. The van der Waals surface area contributed by atoms with Gasteiger partial charge >= 0.3 is 11.8 Å². The lowest BCUT2D eigenvalue weighted by atomic mass is 9.84. The zero-order valence-corrected chi connectivity index (χ0v) is 64.2. The van der Waals surface area contributed by atoms with Crippen molar-refractivity contribution in [1.29, 1.82) is 0 Å². The summed E-state index contributed by atoms with van der Waals surface area (Å²) in [6, 6.07) is 9.12. The highest BCUT2D eigenvalue weighted by Gasteiger charge is 2.56. The molecule has 5 unspecified atom stereocenters. The van der Waals surface area contributed by atoms with Crippen LogP contribution < -0.4 is 35.5 Å². The predicted molar refractivity (Wildman–Crippen MR) is 413 cm³/mol. The smallest absolute Gasteiger partial charge is 0.377 e. The first kappa shape index (κ1) is 99.9. The maximum Gasteiger partial charge on any atom is 0.377 e. The van der Waals surface area contributed by atoms with Gasteiger partial charge in [-0.2, -0.15) is 0 Å². The number of carbonyl (C=O) groups is 5. The minimum atomic E-state index is -3.13. The first-order chi connectivity index (χ1) is 55.4. The van der Waals surface area contributed by atoms with Gasteiger partial charge in [-0.3, -0.25) is 19.2 Å². The van der Waals surface area contributed by atoms with Crippen molar-refractivity contribution in [1.82, 2.24) is 5.32 Å². The van der Waals surface area contributed by atoms with Crippen LogP contribution in [0.1, 0.15) is 135 Å². The average Bonchev–Trinajstić information content (AvgIpc) is 0.762. The van der Waals surface area contributed by atoms with Crippen LogP contribution in [0.15, 0.2) is 91.1 Å². The van der Waals surface area contributed by atoms with Gasteiger partial charge < -0.3 is 111 Å². The number of carboxylic acid groups (broad SMARTS) is 1. The number of nitrogens with one attached hydrogen (secondary N) is 4. The van der Waals surface area contributed by atoms with E-state index in [-0.39, 0.29) is 59.6 Å². The molecule has 3 aliphatic heterocycles. The lowest BCUT2D eigenvalue weighted by Gasteiger charge is -2.45. The summed E-state index contributed by atoms with van der Waals surface area (Å²) < 4.78 is 115. The van der Waals surface area contributed by atoms with Gasteiger partial charge in [0.1, 0.15) is 78.2 Å². The summed E-state index contributed by atoms with van der Waals surface area (Å²) in [6.07, 6.45) is -15.9. The molecule has 0 bridgehead atoms. The maximum atomic E-state index is 13.9. The zero-order valence-electron chi connectivity index (χ0n) is 64.2. The van der Waals surface area contributed by atoms with Gasteiger partial charge in [0.25, 0.3) is 19.3 Å². The van der Waals surface area contributed by atoms with Gasteiger partial charge in [0.2, 0.25) is 36.2 Å². The fraction of sp³-hybridized carbons (Fsp3) is 0.440. The van der Waals surface area contributed by atoms with E-state index in [4.69, 9.17) is 46.4 Å². The second-order valence-electron chi connectivity index (χ2n) is 26.3. The third kappa shape index (κ3) is 34.2. The van der Waals surface area contributed by atoms with Crippen LogP contribution in [0.25, 0.3) is 0 Å². The fourth-order valence-corrected chi connectivity index (χ4v) is 10.6. The van der Waals surface area contributed by atoms with Gasteiger partial charge in [-0.25, -0.2) is 31.1 Å². The fourth-order valence-electron chi connectivity index (χ4n) is 10.6. The van der Waals surface area contributed by atoms with E-state index in [1.807, 2.05) is 20.8 Å². The number of carboxylic acids is 1. The molecule has 0 aliphatic carbocycles. The number of hydrogen-bond donors (Lipinski definition) is 16. The van der Waals surface area contributed by atoms with Crippen LogP contribution in [0.5, 0.6) is 17.2 Å². The summed E-state index contributed by atoms with van der Waals surface area (Å²) in [4.78, 5) is 59.8. The van der Waals surface area contributed by atoms with Crippen molar-refractivity contribution in [2.45, 2.75) is 210 Å². The minimum Gasteiger partial charge on any atom is -0.476 e. The topological polar surface area (TPSA) is 432 Å². The molecule has 628 valence electrons. The summed E-state index contributed by atoms with van der Waals surface area (Å²) in [6.45, 7) is 17.1. The summed E-state index contributed by atoms with van der Waals surface area (Å²) in [5.74, 6) is 30.0. The zero-order chi connectivity index (χ0) is 87.6. The van der Waals surface area contributed by atoms with Crippen molar-refractivity contribution in [2.24, 2.45) is 5.92 Å². The number of aliphatic carboxylic acids is 1. The van der Waals surface area contributed by atoms with Gasteiger partial charge in [-0.15, -0.1) is 32.6 Å². The number of aliphatic hydroxyl groups is 11. The lowest BCUT2D eigenvalue weighted by molar-refractivity contribution is -0.292. The molecule has 6 rings (SSSR count). The highest BCUT2D eigenvalue weighted by atomic mass is 19.3. The van der Waals surface area contributed by atoms with Gasteiger partial charge in [0.05, 0.1) is 55.1 Å². The van der Waals surface area contributed by atoms with E-state index in [9.17, 15) is 106 Å².